The molecular formula is C17H18N4O4S. The molecule has 1 aliphatic carbocycles. The van der Waals surface area contributed by atoms with Gasteiger partial charge in [0.25, 0.3) is 11.6 Å². The van der Waals surface area contributed by atoms with Crippen LogP contribution in [0.2, 0.25) is 0 Å². The lowest BCUT2D eigenvalue weighted by molar-refractivity contribution is -0.385. The zero-order chi connectivity index (χ0) is 18.7. The van der Waals surface area contributed by atoms with Gasteiger partial charge >= 0.3 is 0 Å². The fraction of sp³-hybridized carbons (Fsp3) is 0.353. The Morgan fingerprint density at radius 3 is 2.81 bits per heavy atom. The van der Waals surface area contributed by atoms with E-state index in [1.54, 1.807) is 6.92 Å². The first-order chi connectivity index (χ1) is 12.4. The maximum atomic E-state index is 12.1. The highest BCUT2D eigenvalue weighted by Gasteiger charge is 2.18. The van der Waals surface area contributed by atoms with E-state index in [0.29, 0.717) is 10.7 Å². The second-order valence-electron chi connectivity index (χ2n) is 6.09. The van der Waals surface area contributed by atoms with Gasteiger partial charge in [0.1, 0.15) is 0 Å². The summed E-state index contributed by atoms with van der Waals surface area (Å²) in [7, 11) is 0. The molecule has 2 aromatic rings. The molecule has 0 fully saturated rings. The number of nitro groups is 1. The monoisotopic (exact) mass is 374 g/mol. The number of amides is 2. The highest BCUT2D eigenvalue weighted by Crippen LogP contribution is 2.29. The minimum Gasteiger partial charge on any atom is -0.343 e. The fourth-order valence-corrected chi connectivity index (χ4v) is 3.84. The number of nitro benzene ring substituents is 1. The van der Waals surface area contributed by atoms with Crippen molar-refractivity contribution in [3.63, 3.8) is 0 Å². The van der Waals surface area contributed by atoms with Crippen LogP contribution in [0.15, 0.2) is 18.2 Å². The summed E-state index contributed by atoms with van der Waals surface area (Å²) in [5.41, 5.74) is 1.53. The largest absolute Gasteiger partial charge is 0.343 e. The summed E-state index contributed by atoms with van der Waals surface area (Å²) >= 11 is 1.47. The topological polar surface area (TPSA) is 114 Å². The van der Waals surface area contributed by atoms with Crippen LogP contribution in [0.1, 0.15) is 39.3 Å². The van der Waals surface area contributed by atoms with Crippen molar-refractivity contribution in [2.24, 2.45) is 0 Å². The third-order valence-corrected chi connectivity index (χ3v) is 5.24. The molecule has 8 nitrogen and oxygen atoms in total. The van der Waals surface area contributed by atoms with Crippen LogP contribution in [-0.2, 0) is 17.6 Å². The molecule has 9 heteroatoms. The molecule has 0 unspecified atom stereocenters. The van der Waals surface area contributed by atoms with Gasteiger partial charge in [-0.2, -0.15) is 0 Å². The zero-order valence-electron chi connectivity index (χ0n) is 14.2. The number of aryl methyl sites for hydroxylation is 3. The number of rotatable bonds is 5. The van der Waals surface area contributed by atoms with Crippen LogP contribution in [0.4, 0.5) is 10.8 Å². The summed E-state index contributed by atoms with van der Waals surface area (Å²) in [6.45, 7) is 1.37. The number of nitrogens with one attached hydrogen (secondary N) is 2. The van der Waals surface area contributed by atoms with Crippen LogP contribution in [0.25, 0.3) is 0 Å². The predicted octanol–water partition coefficient (Wildman–Crippen LogP) is 2.61. The first kappa shape index (κ1) is 18.0. The maximum absolute atomic E-state index is 12.1. The Hall–Kier alpha value is -2.81. The van der Waals surface area contributed by atoms with Gasteiger partial charge in [-0.15, -0.1) is 11.3 Å². The number of benzene rings is 1. The van der Waals surface area contributed by atoms with Gasteiger partial charge in [-0.25, -0.2) is 4.98 Å². The van der Waals surface area contributed by atoms with Crippen molar-refractivity contribution >= 4 is 34.0 Å². The van der Waals surface area contributed by atoms with E-state index in [4.69, 9.17) is 0 Å². The Morgan fingerprint density at radius 2 is 2.08 bits per heavy atom. The molecule has 0 saturated carbocycles. The number of aromatic nitrogens is 1. The lowest BCUT2D eigenvalue weighted by Crippen LogP contribution is -2.32. The second kappa shape index (κ2) is 7.61. The highest BCUT2D eigenvalue weighted by molar-refractivity contribution is 7.15. The molecule has 1 aromatic heterocycles. The molecular weight excluding hydrogens is 356 g/mol. The second-order valence-corrected chi connectivity index (χ2v) is 7.17. The molecule has 26 heavy (non-hydrogen) atoms. The summed E-state index contributed by atoms with van der Waals surface area (Å²) in [5.74, 6) is -0.923. The molecule has 0 spiro atoms. The summed E-state index contributed by atoms with van der Waals surface area (Å²) < 4.78 is 0. The van der Waals surface area contributed by atoms with E-state index in [9.17, 15) is 19.7 Å². The van der Waals surface area contributed by atoms with Gasteiger partial charge in [0.05, 0.1) is 17.2 Å². The zero-order valence-corrected chi connectivity index (χ0v) is 15.0. The molecule has 0 bridgehead atoms. The number of carbonyl (C=O) groups is 2. The molecule has 3 rings (SSSR count). The van der Waals surface area contributed by atoms with Crippen molar-refractivity contribution in [2.45, 2.75) is 32.6 Å². The Balaban J connectivity index is 1.57. The minimum atomic E-state index is -0.540. The van der Waals surface area contributed by atoms with Gasteiger partial charge < -0.3 is 10.6 Å². The van der Waals surface area contributed by atoms with Gasteiger partial charge in [-0.3, -0.25) is 19.7 Å². The van der Waals surface area contributed by atoms with E-state index >= 15 is 0 Å². The summed E-state index contributed by atoms with van der Waals surface area (Å²) in [6.07, 6.45) is 4.18. The van der Waals surface area contributed by atoms with E-state index in [1.807, 2.05) is 0 Å². The van der Waals surface area contributed by atoms with Gasteiger partial charge in [-0.1, -0.05) is 6.07 Å². The van der Waals surface area contributed by atoms with Crippen molar-refractivity contribution in [2.75, 3.05) is 11.9 Å². The molecule has 0 aliphatic heterocycles. The van der Waals surface area contributed by atoms with Gasteiger partial charge in [-0.05, 0) is 38.7 Å². The fourth-order valence-electron chi connectivity index (χ4n) is 2.78. The van der Waals surface area contributed by atoms with E-state index in [2.05, 4.69) is 15.6 Å². The quantitative estimate of drug-likeness (QED) is 0.617. The van der Waals surface area contributed by atoms with Crippen LogP contribution >= 0.6 is 11.3 Å². The predicted molar refractivity (Wildman–Crippen MR) is 97.6 cm³/mol. The van der Waals surface area contributed by atoms with Crippen LogP contribution in [0.3, 0.4) is 0 Å². The Kier molecular flexibility index (Phi) is 5.27. The smallest absolute Gasteiger partial charge is 0.273 e. The van der Waals surface area contributed by atoms with Gasteiger partial charge in [0.15, 0.2) is 5.13 Å². The first-order valence-corrected chi connectivity index (χ1v) is 9.07. The van der Waals surface area contributed by atoms with Crippen molar-refractivity contribution < 1.29 is 14.5 Å². The highest BCUT2D eigenvalue weighted by atomic mass is 32.1. The number of anilines is 1. The van der Waals surface area contributed by atoms with Crippen molar-refractivity contribution in [3.05, 3.63) is 50.0 Å². The lowest BCUT2D eigenvalue weighted by Gasteiger charge is -2.06. The molecule has 0 saturated heterocycles. The summed E-state index contributed by atoms with van der Waals surface area (Å²) in [6, 6.07) is 4.20. The van der Waals surface area contributed by atoms with Crippen LogP contribution in [0, 0.1) is 17.0 Å². The number of thiazole rings is 1. The SMILES string of the molecule is Cc1ccc(C(=O)NCC(=O)Nc2nc3c(s2)CCCC3)cc1[N+](=O)[O-]. The molecule has 136 valence electrons. The molecule has 0 atom stereocenters. The number of nitrogens with zero attached hydrogens (tertiary/aromatic N) is 2. The maximum Gasteiger partial charge on any atom is 0.273 e. The average Bonchev–Trinajstić information content (AvgIpc) is 3.02. The number of hydrogen-bond acceptors (Lipinski definition) is 6. The standard InChI is InChI=1S/C17H18N4O4S/c1-10-6-7-11(8-13(10)21(24)25)16(23)18-9-15(22)20-17-19-12-4-2-3-5-14(12)26-17/h6-8H,2-5,9H2,1H3,(H,18,23)(H,19,20,22). The van der Waals surface area contributed by atoms with Crippen LogP contribution < -0.4 is 10.6 Å². The molecule has 2 amide bonds. The number of fused-ring (bicyclic) bond motifs is 1. The van der Waals surface area contributed by atoms with E-state index in [1.165, 1.54) is 34.4 Å². The van der Waals surface area contributed by atoms with Gasteiger partial charge in [0, 0.05) is 22.1 Å². The normalized spacial score (nSPS) is 13.0. The van der Waals surface area contributed by atoms with Crippen LogP contribution in [0.5, 0.6) is 0 Å². The molecule has 1 aliphatic rings. The van der Waals surface area contributed by atoms with E-state index < -0.39 is 10.8 Å². The third-order valence-electron chi connectivity index (χ3n) is 4.17. The molecule has 1 aromatic carbocycles. The van der Waals surface area contributed by atoms with Crippen molar-refractivity contribution in [3.8, 4) is 0 Å². The Bertz CT molecular complexity index is 854. The summed E-state index contributed by atoms with van der Waals surface area (Å²) in [4.78, 5) is 40.2. The van der Waals surface area contributed by atoms with Crippen molar-refractivity contribution in [1.29, 1.82) is 0 Å². The van der Waals surface area contributed by atoms with Crippen LogP contribution in [-0.4, -0.2) is 28.3 Å². The number of carbonyl (C=O) groups excluding carboxylic acids is 2. The van der Waals surface area contributed by atoms with E-state index in [-0.39, 0.29) is 23.7 Å². The molecule has 1 heterocycles. The average molecular weight is 374 g/mol. The minimum absolute atomic E-state index is 0.129. The van der Waals surface area contributed by atoms with Gasteiger partial charge in [0.2, 0.25) is 5.91 Å². The van der Waals surface area contributed by atoms with Crippen molar-refractivity contribution in [1.82, 2.24) is 10.3 Å². The third kappa shape index (κ3) is 4.05. The first-order valence-electron chi connectivity index (χ1n) is 8.25. The summed E-state index contributed by atoms with van der Waals surface area (Å²) in [5, 5.41) is 16.7. The molecule has 2 N–H and O–H groups in total. The molecule has 0 radical (unpaired) electrons. The number of hydrogen-bond donors (Lipinski definition) is 2. The Morgan fingerprint density at radius 1 is 1.31 bits per heavy atom. The lowest BCUT2D eigenvalue weighted by atomic mass is 10.0. The Labute approximate surface area is 153 Å². The van der Waals surface area contributed by atoms with E-state index in [0.717, 1.165) is 31.4 Å².